The third-order valence-electron chi connectivity index (χ3n) is 2.54. The lowest BCUT2D eigenvalue weighted by atomic mass is 10.2. The van der Waals surface area contributed by atoms with Gasteiger partial charge in [-0.3, -0.25) is 0 Å². The van der Waals surface area contributed by atoms with Gasteiger partial charge in [0.05, 0.1) is 12.1 Å². The van der Waals surface area contributed by atoms with Crippen LogP contribution in [0.4, 0.5) is 9.59 Å². The molecule has 0 aromatic rings. The van der Waals surface area contributed by atoms with Crippen LogP contribution in [-0.4, -0.2) is 54.5 Å². The summed E-state index contributed by atoms with van der Waals surface area (Å²) in [5.74, 6) is 0. The molecule has 3 atom stereocenters. The number of methoxy groups -OCH3 is 1. The van der Waals surface area contributed by atoms with Crippen LogP contribution in [0, 0.1) is 0 Å². The molecule has 0 spiro atoms. The highest BCUT2D eigenvalue weighted by atomic mass is 16.7. The number of hydrogen-bond acceptors (Lipinski definition) is 4. The molecule has 98 valence electrons. The van der Waals surface area contributed by atoms with Crippen molar-refractivity contribution in [1.82, 2.24) is 10.6 Å². The van der Waals surface area contributed by atoms with Crippen LogP contribution >= 0.6 is 0 Å². The van der Waals surface area contributed by atoms with E-state index in [1.165, 1.54) is 7.11 Å². The van der Waals surface area contributed by atoms with Gasteiger partial charge in [-0.25, -0.2) is 9.59 Å². The standard InChI is InChI=1S/C9H16N2O6/c1-16-4-17-7-3-5(10-8(12)13)2-6(7)11-9(14)15/h5-7,10-11H,2-4H2,1H3,(H,12,13)(H,14,15)/t5-,6+,7-/m1/s1. The number of hydrogen-bond donors (Lipinski definition) is 4. The first kappa shape index (κ1) is 13.5. The van der Waals surface area contributed by atoms with Crippen LogP contribution in [0.5, 0.6) is 0 Å². The van der Waals surface area contributed by atoms with E-state index >= 15 is 0 Å². The number of nitrogens with one attached hydrogen (secondary N) is 2. The van der Waals surface area contributed by atoms with Crippen LogP contribution in [0.2, 0.25) is 0 Å². The minimum absolute atomic E-state index is 0.0439. The summed E-state index contributed by atoms with van der Waals surface area (Å²) < 4.78 is 10.0. The Balaban J connectivity index is 2.51. The SMILES string of the molecule is COCO[C@@H]1C[C@H](NC(=O)O)C[C@@H]1NC(=O)O. The Labute approximate surface area is 97.9 Å². The minimum Gasteiger partial charge on any atom is -0.465 e. The van der Waals surface area contributed by atoms with Gasteiger partial charge in [0.2, 0.25) is 0 Å². The number of carbonyl (C=O) groups is 2. The molecule has 0 radical (unpaired) electrons. The van der Waals surface area contributed by atoms with Gasteiger partial charge in [0.25, 0.3) is 0 Å². The fourth-order valence-electron chi connectivity index (χ4n) is 1.94. The maximum Gasteiger partial charge on any atom is 0.404 e. The summed E-state index contributed by atoms with van der Waals surface area (Å²) in [6.45, 7) is 0.0439. The molecule has 1 aliphatic rings. The molecule has 1 saturated carbocycles. The number of rotatable bonds is 5. The fraction of sp³-hybridized carbons (Fsp3) is 0.778. The van der Waals surface area contributed by atoms with Crippen LogP contribution < -0.4 is 10.6 Å². The zero-order valence-corrected chi connectivity index (χ0v) is 9.38. The van der Waals surface area contributed by atoms with E-state index in [1.807, 2.05) is 0 Å². The summed E-state index contributed by atoms with van der Waals surface area (Å²) in [7, 11) is 1.46. The van der Waals surface area contributed by atoms with Crippen molar-refractivity contribution in [3.8, 4) is 0 Å². The Morgan fingerprint density at radius 3 is 2.41 bits per heavy atom. The summed E-state index contributed by atoms with van der Waals surface area (Å²) in [6, 6.07) is -0.745. The fourth-order valence-corrected chi connectivity index (χ4v) is 1.94. The molecule has 1 fully saturated rings. The molecule has 0 heterocycles. The van der Waals surface area contributed by atoms with E-state index in [4.69, 9.17) is 19.7 Å². The summed E-state index contributed by atoms with van der Waals surface area (Å²) >= 11 is 0. The summed E-state index contributed by atoms with van der Waals surface area (Å²) in [5.41, 5.74) is 0. The van der Waals surface area contributed by atoms with Crippen LogP contribution in [0.25, 0.3) is 0 Å². The smallest absolute Gasteiger partial charge is 0.404 e. The van der Waals surface area contributed by atoms with Gasteiger partial charge in [-0.15, -0.1) is 0 Å². The average Bonchev–Trinajstić information content (AvgIpc) is 2.55. The van der Waals surface area contributed by atoms with E-state index in [0.717, 1.165) is 0 Å². The van der Waals surface area contributed by atoms with Gasteiger partial charge in [-0.05, 0) is 12.8 Å². The van der Waals surface area contributed by atoms with E-state index in [0.29, 0.717) is 12.8 Å². The minimum atomic E-state index is -1.16. The Kier molecular flexibility index (Phi) is 4.98. The Bertz CT molecular complexity index is 285. The number of amides is 2. The van der Waals surface area contributed by atoms with Crippen molar-refractivity contribution in [1.29, 1.82) is 0 Å². The molecule has 17 heavy (non-hydrogen) atoms. The molecular formula is C9H16N2O6. The quantitative estimate of drug-likeness (QED) is 0.510. The predicted octanol–water partition coefficient (Wildman–Crippen LogP) is 0.0417. The van der Waals surface area contributed by atoms with Gasteiger partial charge in [0.15, 0.2) is 0 Å². The highest BCUT2D eigenvalue weighted by molar-refractivity contribution is 5.66. The van der Waals surface area contributed by atoms with Crippen molar-refractivity contribution in [3.63, 3.8) is 0 Å². The Hall–Kier alpha value is -1.54. The first-order valence-electron chi connectivity index (χ1n) is 5.12. The van der Waals surface area contributed by atoms with Gasteiger partial charge in [-0.2, -0.15) is 0 Å². The summed E-state index contributed by atoms with van der Waals surface area (Å²) in [5, 5.41) is 21.9. The first-order valence-corrected chi connectivity index (χ1v) is 5.12. The maximum atomic E-state index is 10.6. The van der Waals surface area contributed by atoms with E-state index in [9.17, 15) is 9.59 Å². The normalized spacial score (nSPS) is 27.7. The lowest BCUT2D eigenvalue weighted by molar-refractivity contribution is -0.0763. The second-order valence-electron chi connectivity index (χ2n) is 3.79. The zero-order chi connectivity index (χ0) is 12.8. The van der Waals surface area contributed by atoms with Crippen LogP contribution in [0.15, 0.2) is 0 Å². The molecule has 0 aromatic carbocycles. The Morgan fingerprint density at radius 2 is 1.88 bits per heavy atom. The van der Waals surface area contributed by atoms with E-state index in [-0.39, 0.29) is 18.9 Å². The highest BCUT2D eigenvalue weighted by Gasteiger charge is 2.36. The summed E-state index contributed by atoms with van der Waals surface area (Å²) in [4.78, 5) is 21.1. The van der Waals surface area contributed by atoms with E-state index in [2.05, 4.69) is 10.6 Å². The zero-order valence-electron chi connectivity index (χ0n) is 9.38. The molecule has 2 amide bonds. The summed E-state index contributed by atoms with van der Waals surface area (Å²) in [6.07, 6.45) is -1.88. The van der Waals surface area contributed by atoms with Gasteiger partial charge >= 0.3 is 12.2 Å². The molecule has 8 heteroatoms. The van der Waals surface area contributed by atoms with Gasteiger partial charge in [0, 0.05) is 13.2 Å². The molecule has 8 nitrogen and oxygen atoms in total. The van der Waals surface area contributed by atoms with E-state index in [1.54, 1.807) is 0 Å². The van der Waals surface area contributed by atoms with Crippen molar-refractivity contribution in [3.05, 3.63) is 0 Å². The molecule has 1 rings (SSSR count). The molecule has 0 saturated heterocycles. The topological polar surface area (TPSA) is 117 Å². The largest absolute Gasteiger partial charge is 0.465 e. The third kappa shape index (κ3) is 4.45. The molecule has 0 aliphatic heterocycles. The van der Waals surface area contributed by atoms with E-state index < -0.39 is 18.2 Å². The van der Waals surface area contributed by atoms with Crippen LogP contribution in [-0.2, 0) is 9.47 Å². The average molecular weight is 248 g/mol. The van der Waals surface area contributed by atoms with Crippen LogP contribution in [0.1, 0.15) is 12.8 Å². The number of carboxylic acid groups (broad SMARTS) is 2. The Morgan fingerprint density at radius 1 is 1.24 bits per heavy atom. The molecule has 0 aromatic heterocycles. The molecular weight excluding hydrogens is 232 g/mol. The van der Waals surface area contributed by atoms with Crippen LogP contribution in [0.3, 0.4) is 0 Å². The first-order chi connectivity index (χ1) is 8.02. The lowest BCUT2D eigenvalue weighted by Gasteiger charge is -2.18. The molecule has 0 unspecified atom stereocenters. The second-order valence-corrected chi connectivity index (χ2v) is 3.79. The van der Waals surface area contributed by atoms with Gasteiger partial charge < -0.3 is 30.3 Å². The molecule has 4 N–H and O–H groups in total. The van der Waals surface area contributed by atoms with Crippen molar-refractivity contribution < 1.29 is 29.3 Å². The molecule has 1 aliphatic carbocycles. The molecule has 0 bridgehead atoms. The maximum absolute atomic E-state index is 10.6. The predicted molar refractivity (Wildman–Crippen MR) is 55.9 cm³/mol. The van der Waals surface area contributed by atoms with Gasteiger partial charge in [0.1, 0.15) is 6.79 Å². The van der Waals surface area contributed by atoms with Crippen molar-refractivity contribution in [2.45, 2.75) is 31.0 Å². The second kappa shape index (κ2) is 6.26. The highest BCUT2D eigenvalue weighted by Crippen LogP contribution is 2.23. The third-order valence-corrected chi connectivity index (χ3v) is 2.54. The van der Waals surface area contributed by atoms with Crippen molar-refractivity contribution in [2.24, 2.45) is 0 Å². The van der Waals surface area contributed by atoms with Crippen molar-refractivity contribution >= 4 is 12.2 Å². The monoisotopic (exact) mass is 248 g/mol. The van der Waals surface area contributed by atoms with Crippen molar-refractivity contribution in [2.75, 3.05) is 13.9 Å². The van der Waals surface area contributed by atoms with Gasteiger partial charge in [-0.1, -0.05) is 0 Å². The lowest BCUT2D eigenvalue weighted by Crippen LogP contribution is -2.40. The number of ether oxygens (including phenoxy) is 2.